The fraction of sp³-hybridized carbons (Fsp3) is 0.952. The minimum Gasteiger partial charge on any atom is -0.469 e. The van der Waals surface area contributed by atoms with Crippen molar-refractivity contribution in [2.75, 3.05) is 13.7 Å². The molecule has 1 N–H and O–H groups in total. The summed E-state index contributed by atoms with van der Waals surface area (Å²) in [6, 6.07) is 0. The highest BCUT2D eigenvalue weighted by Gasteiger charge is 2.69. The zero-order valence-corrected chi connectivity index (χ0v) is 16.3. The Morgan fingerprint density at radius 2 is 1.84 bits per heavy atom. The van der Waals surface area contributed by atoms with E-state index < -0.39 is 0 Å². The molecule has 0 amide bonds. The van der Waals surface area contributed by atoms with E-state index in [4.69, 9.17) is 9.47 Å². The first-order valence-electron chi connectivity index (χ1n) is 10.1. The maximum atomic E-state index is 12.7. The largest absolute Gasteiger partial charge is 0.469 e. The van der Waals surface area contributed by atoms with Gasteiger partial charge in [0.15, 0.2) is 0 Å². The van der Waals surface area contributed by atoms with Crippen molar-refractivity contribution in [3.63, 3.8) is 0 Å². The molecule has 0 aromatic rings. The molecule has 3 saturated carbocycles. The standard InChI is InChI=1S/C21H34O4/c1-18-10-6-15-19(2)8-5-9-20(3,17(23)24-4)14(19)7-11-21(15,13-18)25-16(18)12-22/h14-16,22H,5-13H2,1-4H3/t14-,15-,16+,18+,19+,20-,21+/m1/s1. The Kier molecular flexibility index (Phi) is 3.88. The van der Waals surface area contributed by atoms with Crippen molar-refractivity contribution in [1.29, 1.82) is 0 Å². The third kappa shape index (κ3) is 2.16. The van der Waals surface area contributed by atoms with E-state index in [-0.39, 0.29) is 40.5 Å². The van der Waals surface area contributed by atoms with Gasteiger partial charge in [0, 0.05) is 0 Å². The van der Waals surface area contributed by atoms with E-state index in [2.05, 4.69) is 20.8 Å². The Morgan fingerprint density at radius 1 is 1.12 bits per heavy atom. The van der Waals surface area contributed by atoms with Crippen LogP contribution in [0.15, 0.2) is 0 Å². The van der Waals surface area contributed by atoms with Gasteiger partial charge in [-0.05, 0) is 74.5 Å². The summed E-state index contributed by atoms with van der Waals surface area (Å²) >= 11 is 0. The van der Waals surface area contributed by atoms with Gasteiger partial charge in [0.2, 0.25) is 0 Å². The molecular formula is C21H34O4. The lowest BCUT2D eigenvalue weighted by atomic mass is 9.42. The van der Waals surface area contributed by atoms with Gasteiger partial charge < -0.3 is 14.6 Å². The number of ether oxygens (including phenoxy) is 2. The number of aliphatic hydroxyl groups is 1. The monoisotopic (exact) mass is 350 g/mol. The number of fused-ring (bicyclic) bond motifs is 3. The van der Waals surface area contributed by atoms with Crippen molar-refractivity contribution in [3.05, 3.63) is 0 Å². The van der Waals surface area contributed by atoms with Gasteiger partial charge in [-0.15, -0.1) is 0 Å². The van der Waals surface area contributed by atoms with Crippen LogP contribution < -0.4 is 0 Å². The number of rotatable bonds is 2. The van der Waals surface area contributed by atoms with Gasteiger partial charge in [0.25, 0.3) is 0 Å². The Morgan fingerprint density at radius 3 is 2.52 bits per heavy atom. The lowest BCUT2D eigenvalue weighted by Gasteiger charge is -2.63. The molecule has 1 saturated heterocycles. The zero-order chi connectivity index (χ0) is 18.1. The van der Waals surface area contributed by atoms with Crippen LogP contribution in [0.3, 0.4) is 0 Å². The predicted molar refractivity (Wildman–Crippen MR) is 94.9 cm³/mol. The molecule has 142 valence electrons. The van der Waals surface area contributed by atoms with Crippen molar-refractivity contribution < 1.29 is 19.4 Å². The van der Waals surface area contributed by atoms with Crippen LogP contribution in [0.1, 0.15) is 72.1 Å². The van der Waals surface area contributed by atoms with Crippen LogP contribution in [0.5, 0.6) is 0 Å². The van der Waals surface area contributed by atoms with Crippen LogP contribution in [0, 0.1) is 28.1 Å². The Labute approximate surface area is 151 Å². The average Bonchev–Trinajstić information content (AvgIpc) is 2.78. The Hall–Kier alpha value is -0.610. The minimum atomic E-state index is -0.362. The number of methoxy groups -OCH3 is 1. The molecule has 1 spiro atoms. The summed E-state index contributed by atoms with van der Waals surface area (Å²) in [6.07, 6.45) is 8.62. The molecular weight excluding hydrogens is 316 g/mol. The van der Waals surface area contributed by atoms with Crippen LogP contribution in [0.2, 0.25) is 0 Å². The minimum absolute atomic E-state index is 0.0202. The molecule has 2 bridgehead atoms. The first kappa shape index (κ1) is 17.8. The van der Waals surface area contributed by atoms with Gasteiger partial charge in [-0.2, -0.15) is 0 Å². The molecule has 25 heavy (non-hydrogen) atoms. The number of hydrogen-bond donors (Lipinski definition) is 1. The van der Waals surface area contributed by atoms with Gasteiger partial charge >= 0.3 is 5.97 Å². The third-order valence-electron chi connectivity index (χ3n) is 8.94. The van der Waals surface area contributed by atoms with Gasteiger partial charge in [0.05, 0.1) is 30.8 Å². The number of esters is 1. The van der Waals surface area contributed by atoms with Crippen molar-refractivity contribution in [2.45, 2.75) is 83.8 Å². The molecule has 4 fully saturated rings. The fourth-order valence-corrected chi connectivity index (χ4v) is 7.81. The average molecular weight is 350 g/mol. The van der Waals surface area contributed by atoms with Crippen LogP contribution >= 0.6 is 0 Å². The van der Waals surface area contributed by atoms with Gasteiger partial charge in [0.1, 0.15) is 0 Å². The molecule has 4 nitrogen and oxygen atoms in total. The molecule has 3 aliphatic carbocycles. The first-order valence-corrected chi connectivity index (χ1v) is 10.1. The summed E-state index contributed by atoms with van der Waals surface area (Å²) in [5.41, 5.74) is -0.195. The summed E-state index contributed by atoms with van der Waals surface area (Å²) in [6.45, 7) is 6.98. The van der Waals surface area contributed by atoms with Crippen molar-refractivity contribution in [2.24, 2.45) is 28.1 Å². The van der Waals surface area contributed by atoms with Gasteiger partial charge in [-0.25, -0.2) is 0 Å². The number of hydrogen-bond acceptors (Lipinski definition) is 4. The van der Waals surface area contributed by atoms with E-state index in [1.807, 2.05) is 0 Å². The van der Waals surface area contributed by atoms with Gasteiger partial charge in [-0.1, -0.05) is 20.3 Å². The second-order valence-electron chi connectivity index (χ2n) is 10.1. The first-order chi connectivity index (χ1) is 11.7. The van der Waals surface area contributed by atoms with Crippen LogP contribution in [0.4, 0.5) is 0 Å². The second-order valence-corrected chi connectivity index (χ2v) is 10.1. The maximum Gasteiger partial charge on any atom is 0.311 e. The van der Waals surface area contributed by atoms with Crippen molar-refractivity contribution in [3.8, 4) is 0 Å². The van der Waals surface area contributed by atoms with Crippen LogP contribution in [0.25, 0.3) is 0 Å². The summed E-state index contributed by atoms with van der Waals surface area (Å²) in [7, 11) is 1.53. The van der Waals surface area contributed by atoms with E-state index in [0.717, 1.165) is 44.9 Å². The molecule has 4 rings (SSSR count). The van der Waals surface area contributed by atoms with E-state index in [1.54, 1.807) is 0 Å². The highest BCUT2D eigenvalue weighted by atomic mass is 16.5. The molecule has 0 unspecified atom stereocenters. The highest BCUT2D eigenvalue weighted by molar-refractivity contribution is 5.77. The second kappa shape index (κ2) is 5.45. The number of carbonyl (C=O) groups excluding carboxylic acids is 1. The topological polar surface area (TPSA) is 55.8 Å². The van der Waals surface area contributed by atoms with Gasteiger partial charge in [-0.3, -0.25) is 4.79 Å². The lowest BCUT2D eigenvalue weighted by molar-refractivity contribution is -0.207. The van der Waals surface area contributed by atoms with E-state index in [9.17, 15) is 9.90 Å². The summed E-state index contributed by atoms with van der Waals surface area (Å²) < 4.78 is 11.9. The summed E-state index contributed by atoms with van der Waals surface area (Å²) in [5.74, 6) is 0.839. The molecule has 0 aromatic carbocycles. The number of carbonyl (C=O) groups is 1. The fourth-order valence-electron chi connectivity index (χ4n) is 7.81. The normalized spacial score (nSPS) is 54.5. The molecule has 7 atom stereocenters. The maximum absolute atomic E-state index is 12.7. The van der Waals surface area contributed by atoms with Crippen LogP contribution in [-0.2, 0) is 14.3 Å². The molecule has 0 aromatic heterocycles. The lowest BCUT2D eigenvalue weighted by Crippen LogP contribution is -2.61. The summed E-state index contributed by atoms with van der Waals surface area (Å²) in [5, 5.41) is 9.86. The summed E-state index contributed by atoms with van der Waals surface area (Å²) in [4.78, 5) is 12.7. The van der Waals surface area contributed by atoms with Crippen LogP contribution in [-0.4, -0.2) is 36.5 Å². The molecule has 4 heteroatoms. The number of aliphatic hydroxyl groups excluding tert-OH is 1. The smallest absolute Gasteiger partial charge is 0.311 e. The predicted octanol–water partition coefficient (Wildman–Crippen LogP) is 3.70. The molecule has 1 aliphatic heterocycles. The van der Waals surface area contributed by atoms with Crippen molar-refractivity contribution >= 4 is 5.97 Å². The van der Waals surface area contributed by atoms with Crippen molar-refractivity contribution in [1.82, 2.24) is 0 Å². The Balaban J connectivity index is 1.71. The van der Waals surface area contributed by atoms with E-state index in [0.29, 0.717) is 11.8 Å². The SMILES string of the molecule is COC(=O)[C@]1(C)CCC[C@@]2(C)[C@H]1CC[C@]13C[C@](C)(CC[C@@H]12)[C@H](CO)O3. The molecule has 1 heterocycles. The zero-order valence-electron chi connectivity index (χ0n) is 16.3. The Bertz CT molecular complexity index is 576. The molecule has 4 aliphatic rings. The molecule has 0 radical (unpaired) electrons. The van der Waals surface area contributed by atoms with E-state index in [1.165, 1.54) is 13.5 Å². The third-order valence-corrected chi connectivity index (χ3v) is 8.94. The van der Waals surface area contributed by atoms with E-state index >= 15 is 0 Å². The highest BCUT2D eigenvalue weighted by Crippen LogP contribution is 2.70. The quantitative estimate of drug-likeness (QED) is 0.772.